The molecule has 0 spiro atoms. The maximum atomic E-state index is 11.5. The van der Waals surface area contributed by atoms with Crippen molar-refractivity contribution in [3.8, 4) is 5.75 Å². The van der Waals surface area contributed by atoms with Crippen LogP contribution in [0, 0.1) is 0 Å². The molecule has 0 heterocycles. The van der Waals surface area contributed by atoms with E-state index in [0.29, 0.717) is 19.0 Å². The van der Waals surface area contributed by atoms with Crippen LogP contribution in [0.5, 0.6) is 5.75 Å². The Balaban J connectivity index is 2.36. The van der Waals surface area contributed by atoms with Crippen LogP contribution in [0.15, 0.2) is 24.3 Å². The molecule has 21 heavy (non-hydrogen) atoms. The van der Waals surface area contributed by atoms with Crippen LogP contribution in [0.4, 0.5) is 0 Å². The zero-order valence-corrected chi connectivity index (χ0v) is 12.6. The summed E-state index contributed by atoms with van der Waals surface area (Å²) in [6, 6.07) is 6.99. The summed E-state index contributed by atoms with van der Waals surface area (Å²) < 4.78 is 15.1. The van der Waals surface area contributed by atoms with Gasteiger partial charge in [0, 0.05) is 0 Å². The molecule has 0 N–H and O–H groups in total. The Morgan fingerprint density at radius 2 is 1.71 bits per heavy atom. The van der Waals surface area contributed by atoms with Gasteiger partial charge >= 0.3 is 11.9 Å². The van der Waals surface area contributed by atoms with E-state index < -0.39 is 5.97 Å². The first-order valence-corrected chi connectivity index (χ1v) is 7.18. The first-order valence-electron chi connectivity index (χ1n) is 7.18. The maximum Gasteiger partial charge on any atom is 0.344 e. The van der Waals surface area contributed by atoms with Gasteiger partial charge in [-0.15, -0.1) is 0 Å². The molecule has 0 atom stereocenters. The van der Waals surface area contributed by atoms with Crippen molar-refractivity contribution in [3.05, 3.63) is 29.8 Å². The van der Waals surface area contributed by atoms with Gasteiger partial charge in [-0.3, -0.25) is 4.79 Å². The molecular weight excluding hydrogens is 272 g/mol. The molecule has 0 amide bonds. The number of hydrogen-bond acceptors (Lipinski definition) is 5. The Labute approximate surface area is 125 Å². The minimum Gasteiger partial charge on any atom is -0.482 e. The molecule has 5 nitrogen and oxygen atoms in total. The van der Waals surface area contributed by atoms with E-state index in [1.54, 1.807) is 31.2 Å². The van der Waals surface area contributed by atoms with Gasteiger partial charge in [-0.05, 0) is 31.0 Å². The summed E-state index contributed by atoms with van der Waals surface area (Å²) in [6.45, 7) is 4.47. The predicted octanol–water partition coefficient (Wildman–Crippen LogP) is 2.51. The third-order valence-electron chi connectivity index (χ3n) is 2.69. The zero-order chi connectivity index (χ0) is 15.5. The monoisotopic (exact) mass is 294 g/mol. The van der Waals surface area contributed by atoms with E-state index in [1.807, 2.05) is 6.92 Å². The van der Waals surface area contributed by atoms with Crippen molar-refractivity contribution in [2.75, 3.05) is 19.8 Å². The lowest BCUT2D eigenvalue weighted by Crippen LogP contribution is -2.14. The summed E-state index contributed by atoms with van der Waals surface area (Å²) in [5, 5.41) is 0. The Kier molecular flexibility index (Phi) is 7.94. The fourth-order valence-electron chi connectivity index (χ4n) is 1.60. The standard InChI is InChI=1S/C16H22O5/c1-3-5-10-20-15(17)11-13-6-8-14(9-7-13)21-12-16(18)19-4-2/h6-9H,3-5,10-12H2,1-2H3. The van der Waals surface area contributed by atoms with Crippen molar-refractivity contribution >= 4 is 11.9 Å². The van der Waals surface area contributed by atoms with Crippen LogP contribution in [0.2, 0.25) is 0 Å². The molecule has 0 saturated heterocycles. The quantitative estimate of drug-likeness (QED) is 0.517. The Morgan fingerprint density at radius 1 is 1.00 bits per heavy atom. The number of carbonyl (C=O) groups is 2. The largest absolute Gasteiger partial charge is 0.482 e. The topological polar surface area (TPSA) is 61.8 Å². The van der Waals surface area contributed by atoms with Gasteiger partial charge in [-0.1, -0.05) is 25.5 Å². The van der Waals surface area contributed by atoms with Crippen molar-refractivity contribution < 1.29 is 23.8 Å². The maximum absolute atomic E-state index is 11.5. The average Bonchev–Trinajstić information content (AvgIpc) is 2.47. The Morgan fingerprint density at radius 3 is 2.33 bits per heavy atom. The lowest BCUT2D eigenvalue weighted by Gasteiger charge is -2.07. The molecule has 0 aromatic heterocycles. The van der Waals surface area contributed by atoms with Crippen LogP contribution >= 0.6 is 0 Å². The van der Waals surface area contributed by atoms with Gasteiger partial charge in [0.25, 0.3) is 0 Å². The van der Waals surface area contributed by atoms with Crippen molar-refractivity contribution in [3.63, 3.8) is 0 Å². The summed E-state index contributed by atoms with van der Waals surface area (Å²) in [7, 11) is 0. The fourth-order valence-corrected chi connectivity index (χ4v) is 1.60. The molecule has 0 bridgehead atoms. The van der Waals surface area contributed by atoms with Crippen LogP contribution in [0.25, 0.3) is 0 Å². The Bertz CT molecular complexity index is 438. The van der Waals surface area contributed by atoms with Crippen molar-refractivity contribution in [2.24, 2.45) is 0 Å². The summed E-state index contributed by atoms with van der Waals surface area (Å²) >= 11 is 0. The molecule has 0 radical (unpaired) electrons. The molecule has 0 unspecified atom stereocenters. The molecule has 1 rings (SSSR count). The summed E-state index contributed by atoms with van der Waals surface area (Å²) in [6.07, 6.45) is 2.12. The number of esters is 2. The van der Waals surface area contributed by atoms with Gasteiger partial charge in [-0.2, -0.15) is 0 Å². The molecular formula is C16H22O5. The van der Waals surface area contributed by atoms with Crippen LogP contribution < -0.4 is 4.74 Å². The molecule has 5 heteroatoms. The van der Waals surface area contributed by atoms with Gasteiger partial charge < -0.3 is 14.2 Å². The Hall–Kier alpha value is -2.04. The van der Waals surface area contributed by atoms with E-state index in [-0.39, 0.29) is 19.0 Å². The van der Waals surface area contributed by atoms with E-state index >= 15 is 0 Å². The summed E-state index contributed by atoms with van der Waals surface area (Å²) in [5.41, 5.74) is 0.847. The SMILES string of the molecule is CCCCOC(=O)Cc1ccc(OCC(=O)OCC)cc1. The van der Waals surface area contributed by atoms with Gasteiger partial charge in [0.15, 0.2) is 6.61 Å². The van der Waals surface area contributed by atoms with Gasteiger partial charge in [0.05, 0.1) is 19.6 Å². The summed E-state index contributed by atoms with van der Waals surface area (Å²) in [5.74, 6) is -0.0733. The minimum atomic E-state index is -0.402. The van der Waals surface area contributed by atoms with E-state index in [4.69, 9.17) is 14.2 Å². The minimum absolute atomic E-state index is 0.119. The highest BCUT2D eigenvalue weighted by Gasteiger charge is 2.06. The molecule has 0 aliphatic heterocycles. The highest BCUT2D eigenvalue weighted by molar-refractivity contribution is 5.72. The van der Waals surface area contributed by atoms with Crippen LogP contribution in [0.1, 0.15) is 32.3 Å². The lowest BCUT2D eigenvalue weighted by molar-refractivity contribution is -0.145. The second kappa shape index (κ2) is 9.80. The highest BCUT2D eigenvalue weighted by Crippen LogP contribution is 2.13. The molecule has 0 aliphatic carbocycles. The van der Waals surface area contributed by atoms with Crippen molar-refractivity contribution in [1.29, 1.82) is 0 Å². The number of rotatable bonds is 9. The molecule has 116 valence electrons. The molecule has 0 fully saturated rings. The van der Waals surface area contributed by atoms with Crippen LogP contribution in [0.3, 0.4) is 0 Å². The van der Waals surface area contributed by atoms with Gasteiger partial charge in [0.1, 0.15) is 5.75 Å². The number of hydrogen-bond donors (Lipinski definition) is 0. The predicted molar refractivity (Wildman–Crippen MR) is 78.1 cm³/mol. The van der Waals surface area contributed by atoms with Crippen LogP contribution in [-0.2, 0) is 25.5 Å². The number of benzene rings is 1. The van der Waals surface area contributed by atoms with Crippen molar-refractivity contribution in [1.82, 2.24) is 0 Å². The van der Waals surface area contributed by atoms with E-state index in [0.717, 1.165) is 18.4 Å². The molecule has 0 aliphatic rings. The normalized spacial score (nSPS) is 10.0. The number of unbranched alkanes of at least 4 members (excludes halogenated alkanes) is 1. The van der Waals surface area contributed by atoms with E-state index in [1.165, 1.54) is 0 Å². The third-order valence-corrected chi connectivity index (χ3v) is 2.69. The van der Waals surface area contributed by atoms with E-state index in [2.05, 4.69) is 0 Å². The fraction of sp³-hybridized carbons (Fsp3) is 0.500. The average molecular weight is 294 g/mol. The van der Waals surface area contributed by atoms with Crippen LogP contribution in [-0.4, -0.2) is 31.8 Å². The second-order valence-electron chi connectivity index (χ2n) is 4.49. The van der Waals surface area contributed by atoms with E-state index in [9.17, 15) is 9.59 Å². The second-order valence-corrected chi connectivity index (χ2v) is 4.49. The molecule has 1 aromatic carbocycles. The van der Waals surface area contributed by atoms with Gasteiger partial charge in [-0.25, -0.2) is 4.79 Å². The first kappa shape index (κ1) is 17.0. The number of ether oxygens (including phenoxy) is 3. The smallest absolute Gasteiger partial charge is 0.344 e. The third kappa shape index (κ3) is 7.34. The zero-order valence-electron chi connectivity index (χ0n) is 12.6. The van der Waals surface area contributed by atoms with Crippen molar-refractivity contribution in [2.45, 2.75) is 33.1 Å². The van der Waals surface area contributed by atoms with Gasteiger partial charge in [0.2, 0.25) is 0 Å². The lowest BCUT2D eigenvalue weighted by atomic mass is 10.1. The highest BCUT2D eigenvalue weighted by atomic mass is 16.6. The molecule has 0 saturated carbocycles. The number of carbonyl (C=O) groups excluding carboxylic acids is 2. The summed E-state index contributed by atoms with van der Waals surface area (Å²) in [4.78, 5) is 22.7. The molecule has 1 aromatic rings. The first-order chi connectivity index (χ1) is 10.2.